The average Bonchev–Trinajstić information content (AvgIpc) is 3.35. The number of hydrogen-bond acceptors (Lipinski definition) is 6. The van der Waals surface area contributed by atoms with Gasteiger partial charge in [0.2, 0.25) is 15.9 Å². The van der Waals surface area contributed by atoms with Crippen molar-refractivity contribution >= 4 is 42.6 Å². The first-order valence-electron chi connectivity index (χ1n) is 9.79. The summed E-state index contributed by atoms with van der Waals surface area (Å²) >= 11 is 1.23. The maximum absolute atomic E-state index is 14.2. The summed E-state index contributed by atoms with van der Waals surface area (Å²) in [5.41, 5.74) is 0.223. The van der Waals surface area contributed by atoms with Crippen molar-refractivity contribution in [1.82, 2.24) is 9.29 Å². The lowest BCUT2D eigenvalue weighted by Crippen LogP contribution is -2.54. The Hall–Kier alpha value is -1.62. The lowest BCUT2D eigenvalue weighted by atomic mass is 10.0. The second-order valence-corrected chi connectivity index (χ2v) is 10.5. The summed E-state index contributed by atoms with van der Waals surface area (Å²) in [5.74, 6) is -0.755. The van der Waals surface area contributed by atoms with Gasteiger partial charge in [-0.25, -0.2) is 17.8 Å². The number of hydrogen-bond donors (Lipinski definition) is 0. The molecule has 2 aliphatic heterocycles. The first-order valence-corrected chi connectivity index (χ1v) is 12.5. The largest absolute Gasteiger partial charge is 0.376 e. The summed E-state index contributed by atoms with van der Waals surface area (Å²) in [6.07, 6.45) is 4.72. The zero-order valence-corrected chi connectivity index (χ0v) is 17.8. The van der Waals surface area contributed by atoms with Crippen LogP contribution < -0.4 is 4.90 Å². The SMILES string of the molecule is CS(=O)(=O)N1CCCC[C@H]1C(=O)N(C[C@H]1CCCO1)c1nc2c(F)cccc2s1. The third-order valence-corrected chi connectivity index (χ3v) is 7.76. The minimum Gasteiger partial charge on any atom is -0.376 e. The normalized spacial score (nSPS) is 23.5. The Morgan fingerprint density at radius 1 is 1.34 bits per heavy atom. The smallest absolute Gasteiger partial charge is 0.247 e. The van der Waals surface area contributed by atoms with E-state index in [1.807, 2.05) is 0 Å². The number of ether oxygens (including phenoxy) is 1. The second-order valence-electron chi connectivity index (χ2n) is 7.55. The summed E-state index contributed by atoms with van der Waals surface area (Å²) in [6.45, 7) is 1.26. The summed E-state index contributed by atoms with van der Waals surface area (Å²) < 4.78 is 46.3. The van der Waals surface area contributed by atoms with Crippen molar-refractivity contribution < 1.29 is 22.3 Å². The van der Waals surface area contributed by atoms with Crippen LogP contribution in [0.1, 0.15) is 32.1 Å². The molecule has 0 saturated carbocycles. The van der Waals surface area contributed by atoms with Gasteiger partial charge in [0.25, 0.3) is 0 Å². The lowest BCUT2D eigenvalue weighted by molar-refractivity contribution is -0.123. The molecule has 7 nitrogen and oxygen atoms in total. The molecule has 2 saturated heterocycles. The van der Waals surface area contributed by atoms with Gasteiger partial charge in [-0.05, 0) is 37.8 Å². The molecule has 29 heavy (non-hydrogen) atoms. The van der Waals surface area contributed by atoms with Gasteiger partial charge in [-0.3, -0.25) is 9.69 Å². The minimum absolute atomic E-state index is 0.133. The summed E-state index contributed by atoms with van der Waals surface area (Å²) in [6, 6.07) is 3.94. The number of carbonyl (C=O) groups excluding carboxylic acids is 1. The lowest BCUT2D eigenvalue weighted by Gasteiger charge is -2.35. The molecule has 0 aliphatic carbocycles. The number of sulfonamides is 1. The van der Waals surface area contributed by atoms with Crippen molar-refractivity contribution in [1.29, 1.82) is 0 Å². The monoisotopic (exact) mass is 441 g/mol. The highest BCUT2D eigenvalue weighted by molar-refractivity contribution is 7.88. The van der Waals surface area contributed by atoms with E-state index in [0.717, 1.165) is 31.9 Å². The van der Waals surface area contributed by atoms with Gasteiger partial charge in [0.15, 0.2) is 5.13 Å². The van der Waals surface area contributed by atoms with Gasteiger partial charge in [0.05, 0.1) is 23.6 Å². The number of anilines is 1. The molecule has 1 aromatic carbocycles. The van der Waals surface area contributed by atoms with E-state index in [2.05, 4.69) is 4.98 Å². The van der Waals surface area contributed by atoms with Crippen LogP contribution in [0.4, 0.5) is 9.52 Å². The van der Waals surface area contributed by atoms with Crippen LogP contribution in [0.3, 0.4) is 0 Å². The van der Waals surface area contributed by atoms with Crippen LogP contribution >= 0.6 is 11.3 Å². The molecule has 0 bridgehead atoms. The zero-order chi connectivity index (χ0) is 20.6. The number of para-hydroxylation sites is 1. The third kappa shape index (κ3) is 4.30. The Balaban J connectivity index is 1.70. The summed E-state index contributed by atoms with van der Waals surface area (Å²) in [5, 5.41) is 0.379. The molecule has 10 heteroatoms. The quantitative estimate of drug-likeness (QED) is 0.713. The van der Waals surface area contributed by atoms with Gasteiger partial charge in [0, 0.05) is 13.2 Å². The van der Waals surface area contributed by atoms with Crippen LogP contribution in [0.25, 0.3) is 10.2 Å². The maximum atomic E-state index is 14.2. The average molecular weight is 442 g/mol. The van der Waals surface area contributed by atoms with Gasteiger partial charge in [-0.15, -0.1) is 0 Å². The van der Waals surface area contributed by atoms with E-state index in [0.29, 0.717) is 29.4 Å². The summed E-state index contributed by atoms with van der Waals surface area (Å²) in [7, 11) is -3.52. The predicted molar refractivity (Wildman–Crippen MR) is 110 cm³/mol. The summed E-state index contributed by atoms with van der Waals surface area (Å²) in [4.78, 5) is 19.4. The molecule has 3 heterocycles. The Morgan fingerprint density at radius 3 is 2.86 bits per heavy atom. The van der Waals surface area contributed by atoms with Crippen LogP contribution in [0.2, 0.25) is 0 Å². The van der Waals surface area contributed by atoms with E-state index in [1.165, 1.54) is 26.6 Å². The van der Waals surface area contributed by atoms with Crippen molar-refractivity contribution in [3.63, 3.8) is 0 Å². The van der Waals surface area contributed by atoms with Gasteiger partial charge in [-0.2, -0.15) is 4.31 Å². The Morgan fingerprint density at radius 2 is 2.17 bits per heavy atom. The highest BCUT2D eigenvalue weighted by Gasteiger charge is 2.39. The van der Waals surface area contributed by atoms with Gasteiger partial charge >= 0.3 is 0 Å². The first-order chi connectivity index (χ1) is 13.8. The fourth-order valence-electron chi connectivity index (χ4n) is 4.00. The molecule has 1 amide bonds. The van der Waals surface area contributed by atoms with Crippen molar-refractivity contribution in [2.75, 3.05) is 30.9 Å². The van der Waals surface area contributed by atoms with E-state index >= 15 is 0 Å². The van der Waals surface area contributed by atoms with E-state index in [4.69, 9.17) is 4.74 Å². The minimum atomic E-state index is -3.52. The molecule has 2 atom stereocenters. The number of rotatable bonds is 5. The van der Waals surface area contributed by atoms with E-state index in [-0.39, 0.29) is 24.1 Å². The molecular formula is C19H24FN3O4S2. The highest BCUT2D eigenvalue weighted by atomic mass is 32.2. The Labute approximate surface area is 173 Å². The van der Waals surface area contributed by atoms with E-state index in [1.54, 1.807) is 12.1 Å². The van der Waals surface area contributed by atoms with Gasteiger partial charge in [0.1, 0.15) is 17.4 Å². The number of halogens is 1. The predicted octanol–water partition coefficient (Wildman–Crippen LogP) is 2.76. The maximum Gasteiger partial charge on any atom is 0.247 e. The number of benzene rings is 1. The molecule has 0 spiro atoms. The van der Waals surface area contributed by atoms with Crippen LogP contribution in [0.15, 0.2) is 18.2 Å². The highest BCUT2D eigenvalue weighted by Crippen LogP contribution is 2.33. The van der Waals surface area contributed by atoms with Gasteiger partial charge < -0.3 is 4.74 Å². The first kappa shape index (κ1) is 20.6. The molecule has 2 aromatic rings. The third-order valence-electron chi connectivity index (χ3n) is 5.43. The number of thiazole rings is 1. The molecule has 0 unspecified atom stereocenters. The fraction of sp³-hybridized carbons (Fsp3) is 0.579. The second kappa shape index (κ2) is 8.25. The molecule has 2 aliphatic rings. The molecule has 158 valence electrons. The number of aromatic nitrogens is 1. The zero-order valence-electron chi connectivity index (χ0n) is 16.2. The Bertz CT molecular complexity index is 1000. The number of carbonyl (C=O) groups is 1. The number of fused-ring (bicyclic) bond motifs is 1. The number of piperidine rings is 1. The number of nitrogens with zero attached hydrogens (tertiary/aromatic N) is 3. The van der Waals surface area contributed by atoms with Crippen LogP contribution in [-0.4, -0.2) is 61.7 Å². The van der Waals surface area contributed by atoms with Crippen LogP contribution in [0.5, 0.6) is 0 Å². The Kier molecular flexibility index (Phi) is 5.87. The standard InChI is InChI=1S/C19H24FN3O4S2/c1-29(25,26)23-10-3-2-8-15(23)18(24)22(12-13-6-5-11-27-13)19-21-17-14(20)7-4-9-16(17)28-19/h4,7,9,13,15H,2-3,5-6,8,10-12H2,1H3/t13-,15+/m1/s1. The molecular weight excluding hydrogens is 417 g/mol. The molecule has 2 fully saturated rings. The molecule has 0 N–H and O–H groups in total. The fourth-order valence-corrected chi connectivity index (χ4v) is 6.11. The van der Waals surface area contributed by atoms with Crippen LogP contribution in [0, 0.1) is 5.82 Å². The van der Waals surface area contributed by atoms with Crippen molar-refractivity contribution in [3.8, 4) is 0 Å². The van der Waals surface area contributed by atoms with Crippen molar-refractivity contribution in [2.24, 2.45) is 0 Å². The van der Waals surface area contributed by atoms with E-state index in [9.17, 15) is 17.6 Å². The molecule has 0 radical (unpaired) electrons. The van der Waals surface area contributed by atoms with E-state index < -0.39 is 21.9 Å². The van der Waals surface area contributed by atoms with Crippen molar-refractivity contribution in [3.05, 3.63) is 24.0 Å². The topological polar surface area (TPSA) is 79.8 Å². The molecule has 4 rings (SSSR count). The van der Waals surface area contributed by atoms with Gasteiger partial charge in [-0.1, -0.05) is 23.8 Å². The number of amides is 1. The van der Waals surface area contributed by atoms with Crippen LogP contribution in [-0.2, 0) is 19.6 Å². The molecule has 1 aromatic heterocycles. The van der Waals surface area contributed by atoms with Crippen molar-refractivity contribution in [2.45, 2.75) is 44.2 Å².